The van der Waals surface area contributed by atoms with Crippen LogP contribution in [-0.4, -0.2) is 22.6 Å². The number of hydrogen-bond donors (Lipinski definition) is 2. The summed E-state index contributed by atoms with van der Waals surface area (Å²) in [5, 5.41) is 9.39. The number of aromatic carboxylic acids is 1. The number of hydrogen-bond acceptors (Lipinski definition) is 3. The molecule has 1 aromatic carbocycles. The average Bonchev–Trinajstić information content (AvgIpc) is 2.28. The second-order valence-corrected chi connectivity index (χ2v) is 3.67. The largest absolute Gasteiger partial charge is 0.478 e. The predicted molar refractivity (Wildman–Crippen MR) is 61.4 cm³/mol. The normalized spacial score (nSPS) is 10.7. The number of carboxylic acid groups (broad SMARTS) is 1. The number of nitrogens with zero attached hydrogens (tertiary/aromatic N) is 1. The monoisotopic (exact) mass is 234 g/mol. The van der Waals surface area contributed by atoms with Crippen LogP contribution in [0.3, 0.4) is 0 Å². The van der Waals surface area contributed by atoms with Crippen LogP contribution in [0.5, 0.6) is 0 Å². The van der Waals surface area contributed by atoms with Crippen molar-refractivity contribution in [2.45, 2.75) is 6.42 Å². The van der Waals surface area contributed by atoms with E-state index in [1.807, 2.05) is 0 Å². The van der Waals surface area contributed by atoms with Crippen molar-refractivity contribution >= 4 is 16.9 Å². The molecule has 3 N–H and O–H groups in total. The van der Waals surface area contributed by atoms with Gasteiger partial charge in [-0.05, 0) is 30.8 Å². The molecule has 0 saturated carbocycles. The van der Waals surface area contributed by atoms with Gasteiger partial charge < -0.3 is 10.8 Å². The van der Waals surface area contributed by atoms with Gasteiger partial charge in [-0.15, -0.1) is 0 Å². The highest BCUT2D eigenvalue weighted by atomic mass is 19.1. The van der Waals surface area contributed by atoms with Crippen LogP contribution in [0.4, 0.5) is 4.39 Å². The second-order valence-electron chi connectivity index (χ2n) is 3.67. The van der Waals surface area contributed by atoms with Gasteiger partial charge >= 0.3 is 5.97 Å². The van der Waals surface area contributed by atoms with Crippen molar-refractivity contribution in [3.8, 4) is 0 Å². The SMILES string of the molecule is NCCc1cc(C(=O)O)c2cc(F)ccc2n1. The Bertz CT molecular complexity index is 584. The summed E-state index contributed by atoms with van der Waals surface area (Å²) < 4.78 is 13.1. The van der Waals surface area contributed by atoms with Gasteiger partial charge in [-0.25, -0.2) is 9.18 Å². The van der Waals surface area contributed by atoms with Crippen LogP contribution in [0.25, 0.3) is 10.9 Å². The van der Waals surface area contributed by atoms with E-state index in [4.69, 9.17) is 10.8 Å². The standard InChI is InChI=1S/C12H11FN2O2/c13-7-1-2-11-9(5-7)10(12(16)17)6-8(15-11)3-4-14/h1-2,5-6H,3-4,14H2,(H,16,17). The molecule has 0 saturated heterocycles. The number of carbonyl (C=O) groups is 1. The summed E-state index contributed by atoms with van der Waals surface area (Å²) in [6.07, 6.45) is 0.494. The highest BCUT2D eigenvalue weighted by Crippen LogP contribution is 2.20. The second kappa shape index (κ2) is 4.47. The lowest BCUT2D eigenvalue weighted by atomic mass is 10.1. The number of pyridine rings is 1. The lowest BCUT2D eigenvalue weighted by Gasteiger charge is -2.06. The molecule has 0 aliphatic heterocycles. The third kappa shape index (κ3) is 2.24. The van der Waals surface area contributed by atoms with Crippen LogP contribution in [0.2, 0.25) is 0 Å². The van der Waals surface area contributed by atoms with E-state index in [0.717, 1.165) is 0 Å². The molecule has 88 valence electrons. The quantitative estimate of drug-likeness (QED) is 0.845. The van der Waals surface area contributed by atoms with E-state index in [1.165, 1.54) is 24.3 Å². The van der Waals surface area contributed by atoms with E-state index >= 15 is 0 Å². The van der Waals surface area contributed by atoms with Crippen LogP contribution in [0.15, 0.2) is 24.3 Å². The fourth-order valence-electron chi connectivity index (χ4n) is 1.71. The highest BCUT2D eigenvalue weighted by molar-refractivity contribution is 6.02. The number of benzene rings is 1. The van der Waals surface area contributed by atoms with Crippen LogP contribution in [0.1, 0.15) is 16.1 Å². The van der Waals surface area contributed by atoms with Gasteiger partial charge in [-0.1, -0.05) is 0 Å². The minimum atomic E-state index is -1.10. The van der Waals surface area contributed by atoms with Crippen molar-refractivity contribution in [1.82, 2.24) is 4.98 Å². The molecular formula is C12H11FN2O2. The zero-order valence-corrected chi connectivity index (χ0v) is 8.98. The van der Waals surface area contributed by atoms with Crippen molar-refractivity contribution in [2.75, 3.05) is 6.54 Å². The molecule has 0 bridgehead atoms. The number of fused-ring (bicyclic) bond motifs is 1. The van der Waals surface area contributed by atoms with Crippen molar-refractivity contribution < 1.29 is 14.3 Å². The average molecular weight is 234 g/mol. The predicted octanol–water partition coefficient (Wildman–Crippen LogP) is 1.57. The number of carboxylic acids is 1. The number of rotatable bonds is 3. The Morgan fingerprint density at radius 2 is 2.18 bits per heavy atom. The fraction of sp³-hybridized carbons (Fsp3) is 0.167. The summed E-state index contributed by atoms with van der Waals surface area (Å²) in [6, 6.07) is 5.35. The van der Waals surface area contributed by atoms with Gasteiger partial charge in [0, 0.05) is 17.5 Å². The Morgan fingerprint density at radius 1 is 1.41 bits per heavy atom. The minimum Gasteiger partial charge on any atom is -0.478 e. The first kappa shape index (κ1) is 11.5. The van der Waals surface area contributed by atoms with E-state index < -0.39 is 11.8 Å². The molecule has 0 amide bonds. The molecule has 2 aromatic rings. The van der Waals surface area contributed by atoms with E-state index in [2.05, 4.69) is 4.98 Å². The molecule has 0 radical (unpaired) electrons. The molecule has 0 aliphatic carbocycles. The third-order valence-electron chi connectivity index (χ3n) is 2.45. The molecule has 1 heterocycles. The van der Waals surface area contributed by atoms with Crippen LogP contribution >= 0.6 is 0 Å². The first-order valence-electron chi connectivity index (χ1n) is 5.14. The molecule has 2 rings (SSSR count). The van der Waals surface area contributed by atoms with E-state index in [0.29, 0.717) is 29.6 Å². The van der Waals surface area contributed by atoms with Gasteiger partial charge in [0.15, 0.2) is 0 Å². The molecule has 0 atom stereocenters. The summed E-state index contributed by atoms with van der Waals surface area (Å²) in [5.74, 6) is -1.57. The topological polar surface area (TPSA) is 76.2 Å². The van der Waals surface area contributed by atoms with Gasteiger partial charge in [0.1, 0.15) is 5.82 Å². The van der Waals surface area contributed by atoms with E-state index in [-0.39, 0.29) is 5.56 Å². The van der Waals surface area contributed by atoms with Gasteiger partial charge in [0.05, 0.1) is 11.1 Å². The summed E-state index contributed by atoms with van der Waals surface area (Å²) in [7, 11) is 0. The Hall–Kier alpha value is -2.01. The fourth-order valence-corrected chi connectivity index (χ4v) is 1.71. The molecule has 1 aromatic heterocycles. The smallest absolute Gasteiger partial charge is 0.336 e. The maximum atomic E-state index is 13.1. The molecule has 17 heavy (non-hydrogen) atoms. The van der Waals surface area contributed by atoms with Crippen LogP contribution in [0, 0.1) is 5.82 Å². The Balaban J connectivity index is 2.72. The lowest BCUT2D eigenvalue weighted by Crippen LogP contribution is -2.07. The van der Waals surface area contributed by atoms with Crippen molar-refractivity contribution in [3.63, 3.8) is 0 Å². The summed E-state index contributed by atoms with van der Waals surface area (Å²) >= 11 is 0. The summed E-state index contributed by atoms with van der Waals surface area (Å²) in [6.45, 7) is 0.388. The van der Waals surface area contributed by atoms with Crippen molar-refractivity contribution in [1.29, 1.82) is 0 Å². The zero-order chi connectivity index (χ0) is 12.4. The van der Waals surface area contributed by atoms with E-state index in [1.54, 1.807) is 0 Å². The van der Waals surface area contributed by atoms with Gasteiger partial charge in [0.2, 0.25) is 0 Å². The summed E-state index contributed by atoms with van der Waals surface area (Å²) in [4.78, 5) is 15.3. The number of aromatic nitrogens is 1. The number of nitrogens with two attached hydrogens (primary N) is 1. The highest BCUT2D eigenvalue weighted by Gasteiger charge is 2.12. The molecule has 4 nitrogen and oxygen atoms in total. The third-order valence-corrected chi connectivity index (χ3v) is 2.45. The maximum absolute atomic E-state index is 13.1. The molecule has 0 fully saturated rings. The lowest BCUT2D eigenvalue weighted by molar-refractivity contribution is 0.0699. The molecular weight excluding hydrogens is 223 g/mol. The molecule has 0 aliphatic rings. The Labute approximate surface area is 96.9 Å². The van der Waals surface area contributed by atoms with Gasteiger partial charge in [-0.3, -0.25) is 4.98 Å². The van der Waals surface area contributed by atoms with Gasteiger partial charge in [-0.2, -0.15) is 0 Å². The minimum absolute atomic E-state index is 0.0537. The molecule has 5 heteroatoms. The van der Waals surface area contributed by atoms with Crippen LogP contribution in [-0.2, 0) is 6.42 Å². The van der Waals surface area contributed by atoms with Crippen molar-refractivity contribution in [2.24, 2.45) is 5.73 Å². The van der Waals surface area contributed by atoms with E-state index in [9.17, 15) is 9.18 Å². The summed E-state index contributed by atoms with van der Waals surface area (Å²) in [5.41, 5.74) is 6.53. The number of halogens is 1. The Morgan fingerprint density at radius 3 is 2.82 bits per heavy atom. The molecule has 0 spiro atoms. The van der Waals surface area contributed by atoms with Gasteiger partial charge in [0.25, 0.3) is 0 Å². The Kier molecular flexibility index (Phi) is 3.01. The zero-order valence-electron chi connectivity index (χ0n) is 8.98. The molecule has 0 unspecified atom stereocenters. The first-order valence-corrected chi connectivity index (χ1v) is 5.14. The maximum Gasteiger partial charge on any atom is 0.336 e. The first-order chi connectivity index (χ1) is 8.11. The van der Waals surface area contributed by atoms with Crippen LogP contribution < -0.4 is 5.73 Å². The van der Waals surface area contributed by atoms with Crippen molar-refractivity contribution in [3.05, 3.63) is 41.3 Å².